The summed E-state index contributed by atoms with van der Waals surface area (Å²) in [5.74, 6) is 0. The van der Waals surface area contributed by atoms with Crippen LogP contribution < -0.4 is 5.73 Å². The highest BCUT2D eigenvalue weighted by Gasteiger charge is 2.31. The number of hydrogen-bond donors (Lipinski definition) is 1. The molecule has 2 aromatic rings. The van der Waals surface area contributed by atoms with Crippen LogP contribution in [0.5, 0.6) is 0 Å². The van der Waals surface area contributed by atoms with Gasteiger partial charge >= 0.3 is 0 Å². The molecule has 5 heteroatoms. The van der Waals surface area contributed by atoms with Gasteiger partial charge in [0.2, 0.25) is 10.0 Å². The van der Waals surface area contributed by atoms with Gasteiger partial charge in [-0.3, -0.25) is 0 Å². The third kappa shape index (κ3) is 2.14. The van der Waals surface area contributed by atoms with E-state index in [-0.39, 0.29) is 6.04 Å². The Morgan fingerprint density at radius 2 is 1.84 bits per heavy atom. The molecule has 1 saturated heterocycles. The van der Waals surface area contributed by atoms with Crippen molar-refractivity contribution in [2.45, 2.75) is 17.4 Å². The quantitative estimate of drug-likeness (QED) is 0.905. The molecule has 1 fully saturated rings. The summed E-state index contributed by atoms with van der Waals surface area (Å²) in [4.78, 5) is 0.375. The lowest BCUT2D eigenvalue weighted by Gasteiger charge is -2.17. The van der Waals surface area contributed by atoms with E-state index in [9.17, 15) is 8.42 Å². The van der Waals surface area contributed by atoms with Crippen LogP contribution in [0.4, 0.5) is 0 Å². The van der Waals surface area contributed by atoms with Crippen molar-refractivity contribution in [3.8, 4) is 0 Å². The fourth-order valence-corrected chi connectivity index (χ4v) is 4.26. The fraction of sp³-hybridized carbons (Fsp3) is 0.286. The van der Waals surface area contributed by atoms with Gasteiger partial charge in [-0.1, -0.05) is 36.4 Å². The molecule has 0 bridgehead atoms. The number of hydrogen-bond acceptors (Lipinski definition) is 3. The van der Waals surface area contributed by atoms with Gasteiger partial charge in [0, 0.05) is 24.5 Å². The van der Waals surface area contributed by atoms with Crippen LogP contribution in [0.1, 0.15) is 6.42 Å². The first-order chi connectivity index (χ1) is 9.09. The van der Waals surface area contributed by atoms with Crippen LogP contribution in [0.3, 0.4) is 0 Å². The lowest BCUT2D eigenvalue weighted by molar-refractivity contribution is 0.473. The zero-order valence-corrected chi connectivity index (χ0v) is 11.3. The van der Waals surface area contributed by atoms with Crippen molar-refractivity contribution in [3.05, 3.63) is 42.5 Å². The standard InChI is InChI=1S/C14H16N2O2S/c15-12-8-9-16(10-12)19(17,18)14-7-3-5-11-4-1-2-6-13(11)14/h1-7,12H,8-10,15H2. The molecular formula is C14H16N2O2S. The predicted octanol–water partition coefficient (Wildman–Crippen LogP) is 1.56. The maximum atomic E-state index is 12.7. The average Bonchev–Trinajstić information content (AvgIpc) is 2.85. The molecule has 2 aromatic carbocycles. The van der Waals surface area contributed by atoms with E-state index in [1.165, 1.54) is 4.31 Å². The van der Waals surface area contributed by atoms with Crippen LogP contribution in [-0.4, -0.2) is 31.9 Å². The second-order valence-electron chi connectivity index (χ2n) is 4.89. The summed E-state index contributed by atoms with van der Waals surface area (Å²) < 4.78 is 26.8. The van der Waals surface area contributed by atoms with Gasteiger partial charge in [0.1, 0.15) is 0 Å². The van der Waals surface area contributed by atoms with Crippen LogP contribution in [-0.2, 0) is 10.0 Å². The molecule has 0 aliphatic carbocycles. The van der Waals surface area contributed by atoms with E-state index < -0.39 is 10.0 Å². The molecule has 0 spiro atoms. The largest absolute Gasteiger partial charge is 0.326 e. The first-order valence-electron chi connectivity index (χ1n) is 6.32. The average molecular weight is 276 g/mol. The molecule has 100 valence electrons. The third-order valence-corrected chi connectivity index (χ3v) is 5.48. The summed E-state index contributed by atoms with van der Waals surface area (Å²) in [5, 5.41) is 1.71. The molecule has 2 N–H and O–H groups in total. The predicted molar refractivity (Wildman–Crippen MR) is 75.3 cm³/mol. The second kappa shape index (κ2) is 4.59. The zero-order chi connectivity index (χ0) is 13.5. The summed E-state index contributed by atoms with van der Waals surface area (Å²) in [7, 11) is -3.44. The summed E-state index contributed by atoms with van der Waals surface area (Å²) in [5.41, 5.74) is 5.81. The SMILES string of the molecule is NC1CCN(S(=O)(=O)c2cccc3ccccc23)C1. The van der Waals surface area contributed by atoms with E-state index >= 15 is 0 Å². The highest BCUT2D eigenvalue weighted by Crippen LogP contribution is 2.27. The van der Waals surface area contributed by atoms with Crippen LogP contribution in [0.2, 0.25) is 0 Å². The monoisotopic (exact) mass is 276 g/mol. The van der Waals surface area contributed by atoms with Gasteiger partial charge in [0.25, 0.3) is 0 Å². The summed E-state index contributed by atoms with van der Waals surface area (Å²) >= 11 is 0. The Hall–Kier alpha value is -1.43. The highest BCUT2D eigenvalue weighted by atomic mass is 32.2. The van der Waals surface area contributed by atoms with Gasteiger partial charge in [-0.25, -0.2) is 8.42 Å². The maximum Gasteiger partial charge on any atom is 0.243 e. The Balaban J connectivity index is 2.14. The number of benzene rings is 2. The van der Waals surface area contributed by atoms with Gasteiger partial charge in [-0.2, -0.15) is 4.31 Å². The van der Waals surface area contributed by atoms with E-state index in [0.717, 1.165) is 17.2 Å². The molecule has 19 heavy (non-hydrogen) atoms. The molecule has 0 radical (unpaired) electrons. The van der Waals surface area contributed by atoms with Crippen LogP contribution >= 0.6 is 0 Å². The van der Waals surface area contributed by atoms with Crippen molar-refractivity contribution < 1.29 is 8.42 Å². The van der Waals surface area contributed by atoms with Gasteiger partial charge in [-0.05, 0) is 17.9 Å². The van der Waals surface area contributed by atoms with Gasteiger partial charge in [0.15, 0.2) is 0 Å². The Labute approximate surface area is 112 Å². The molecular weight excluding hydrogens is 260 g/mol. The number of sulfonamides is 1. The topological polar surface area (TPSA) is 63.4 Å². The fourth-order valence-electron chi connectivity index (χ4n) is 2.53. The van der Waals surface area contributed by atoms with Crippen LogP contribution in [0.25, 0.3) is 10.8 Å². The Bertz CT molecular complexity index is 707. The molecule has 4 nitrogen and oxygen atoms in total. The first kappa shape index (κ1) is 12.6. The van der Waals surface area contributed by atoms with E-state index in [1.807, 2.05) is 30.3 Å². The van der Waals surface area contributed by atoms with Crippen molar-refractivity contribution in [3.63, 3.8) is 0 Å². The van der Waals surface area contributed by atoms with Gasteiger partial charge in [0.05, 0.1) is 4.90 Å². The molecule has 1 aliphatic heterocycles. The molecule has 1 atom stereocenters. The molecule has 3 rings (SSSR count). The van der Waals surface area contributed by atoms with Crippen molar-refractivity contribution in [2.75, 3.05) is 13.1 Å². The zero-order valence-electron chi connectivity index (χ0n) is 10.5. The highest BCUT2D eigenvalue weighted by molar-refractivity contribution is 7.89. The summed E-state index contributed by atoms with van der Waals surface area (Å²) in [6.45, 7) is 0.915. The number of rotatable bonds is 2. The Kier molecular flexibility index (Phi) is 3.05. The van der Waals surface area contributed by atoms with Gasteiger partial charge in [-0.15, -0.1) is 0 Å². The number of fused-ring (bicyclic) bond motifs is 1. The number of nitrogens with zero attached hydrogens (tertiary/aromatic N) is 1. The van der Waals surface area contributed by atoms with Crippen molar-refractivity contribution in [2.24, 2.45) is 5.73 Å². The Morgan fingerprint density at radius 3 is 2.58 bits per heavy atom. The molecule has 0 aromatic heterocycles. The molecule has 0 amide bonds. The van der Waals surface area contributed by atoms with E-state index in [4.69, 9.17) is 5.73 Å². The first-order valence-corrected chi connectivity index (χ1v) is 7.76. The number of nitrogens with two attached hydrogens (primary N) is 1. The molecule has 1 aliphatic rings. The minimum atomic E-state index is -3.44. The second-order valence-corrected chi connectivity index (χ2v) is 6.80. The maximum absolute atomic E-state index is 12.7. The van der Waals surface area contributed by atoms with Crippen molar-refractivity contribution in [1.82, 2.24) is 4.31 Å². The van der Waals surface area contributed by atoms with Crippen LogP contribution in [0.15, 0.2) is 47.4 Å². The third-order valence-electron chi connectivity index (χ3n) is 3.55. The smallest absolute Gasteiger partial charge is 0.243 e. The van der Waals surface area contributed by atoms with Crippen molar-refractivity contribution in [1.29, 1.82) is 0 Å². The normalized spacial score (nSPS) is 21.0. The van der Waals surface area contributed by atoms with Gasteiger partial charge < -0.3 is 5.73 Å². The summed E-state index contributed by atoms with van der Waals surface area (Å²) in [6, 6.07) is 12.9. The minimum Gasteiger partial charge on any atom is -0.326 e. The lowest BCUT2D eigenvalue weighted by Crippen LogP contribution is -2.32. The molecule has 1 heterocycles. The van der Waals surface area contributed by atoms with Crippen LogP contribution in [0, 0.1) is 0 Å². The van der Waals surface area contributed by atoms with Crippen molar-refractivity contribution >= 4 is 20.8 Å². The van der Waals surface area contributed by atoms with E-state index in [0.29, 0.717) is 18.0 Å². The Morgan fingerprint density at radius 1 is 1.11 bits per heavy atom. The summed E-state index contributed by atoms with van der Waals surface area (Å²) in [6.07, 6.45) is 0.726. The van der Waals surface area contributed by atoms with E-state index in [2.05, 4.69) is 0 Å². The molecule has 1 unspecified atom stereocenters. The lowest BCUT2D eigenvalue weighted by atomic mass is 10.1. The molecule has 0 saturated carbocycles. The minimum absolute atomic E-state index is 0.0512. The van der Waals surface area contributed by atoms with E-state index in [1.54, 1.807) is 12.1 Å².